The minimum Gasteiger partial charge on any atom is -0.380 e. The Balaban J connectivity index is 1.84. The van der Waals surface area contributed by atoms with E-state index in [0.29, 0.717) is 0 Å². The van der Waals surface area contributed by atoms with Crippen molar-refractivity contribution >= 4 is 0 Å². The molecule has 0 radical (unpaired) electrons. The number of ether oxygens (including phenoxy) is 1. The SMILES string of the molecule is CC#CCCCN(C)CCOCCCN1CCCCC1. The average molecular weight is 280 g/mol. The number of nitrogens with zero attached hydrogens (tertiary/aromatic N) is 2. The number of piperidine rings is 1. The molecule has 0 bridgehead atoms. The van der Waals surface area contributed by atoms with Crippen LogP contribution in [0.25, 0.3) is 0 Å². The van der Waals surface area contributed by atoms with Crippen molar-refractivity contribution in [3.8, 4) is 11.8 Å². The molecule has 1 rings (SSSR count). The third kappa shape index (κ3) is 9.36. The molecule has 0 aromatic carbocycles. The lowest BCUT2D eigenvalue weighted by Gasteiger charge is -2.26. The molecular weight excluding hydrogens is 248 g/mol. The summed E-state index contributed by atoms with van der Waals surface area (Å²) < 4.78 is 5.73. The van der Waals surface area contributed by atoms with Gasteiger partial charge >= 0.3 is 0 Å². The van der Waals surface area contributed by atoms with Gasteiger partial charge in [-0.2, -0.15) is 0 Å². The van der Waals surface area contributed by atoms with Crippen molar-refractivity contribution in [2.24, 2.45) is 0 Å². The van der Waals surface area contributed by atoms with Gasteiger partial charge in [0.25, 0.3) is 0 Å². The number of unbranched alkanes of at least 4 members (excludes halogenated alkanes) is 1. The third-order valence-electron chi connectivity index (χ3n) is 3.85. The van der Waals surface area contributed by atoms with Gasteiger partial charge in [0.05, 0.1) is 6.61 Å². The molecule has 0 unspecified atom stereocenters. The van der Waals surface area contributed by atoms with E-state index in [1.165, 1.54) is 45.3 Å². The predicted octanol–water partition coefficient (Wildman–Crippen LogP) is 2.61. The topological polar surface area (TPSA) is 15.7 Å². The number of likely N-dealkylation sites (N-methyl/N-ethyl adjacent to an activating group) is 1. The fraction of sp³-hybridized carbons (Fsp3) is 0.882. The highest BCUT2D eigenvalue weighted by atomic mass is 16.5. The van der Waals surface area contributed by atoms with Gasteiger partial charge in [-0.15, -0.1) is 11.8 Å². The third-order valence-corrected chi connectivity index (χ3v) is 3.85. The summed E-state index contributed by atoms with van der Waals surface area (Å²) in [6.45, 7) is 9.62. The van der Waals surface area contributed by atoms with Gasteiger partial charge < -0.3 is 14.5 Å². The minimum absolute atomic E-state index is 0.857. The molecule has 1 fully saturated rings. The highest BCUT2D eigenvalue weighted by molar-refractivity contribution is 4.94. The average Bonchev–Trinajstić information content (AvgIpc) is 2.48. The quantitative estimate of drug-likeness (QED) is 0.452. The van der Waals surface area contributed by atoms with Crippen LogP contribution < -0.4 is 0 Å². The number of likely N-dealkylation sites (tertiary alicyclic amines) is 1. The maximum Gasteiger partial charge on any atom is 0.0593 e. The van der Waals surface area contributed by atoms with Crippen molar-refractivity contribution in [3.05, 3.63) is 0 Å². The number of rotatable bonds is 10. The molecule has 0 saturated carbocycles. The van der Waals surface area contributed by atoms with Gasteiger partial charge in [0.1, 0.15) is 0 Å². The molecule has 0 atom stereocenters. The van der Waals surface area contributed by atoms with E-state index in [9.17, 15) is 0 Å². The molecule has 0 aromatic rings. The summed E-state index contributed by atoms with van der Waals surface area (Å²) >= 11 is 0. The van der Waals surface area contributed by atoms with E-state index in [-0.39, 0.29) is 0 Å². The van der Waals surface area contributed by atoms with Gasteiger partial charge in [0.2, 0.25) is 0 Å². The lowest BCUT2D eigenvalue weighted by molar-refractivity contribution is 0.0989. The first-order chi connectivity index (χ1) is 9.83. The summed E-state index contributed by atoms with van der Waals surface area (Å²) in [6.07, 6.45) is 7.53. The van der Waals surface area contributed by atoms with Gasteiger partial charge in [-0.3, -0.25) is 0 Å². The maximum atomic E-state index is 5.73. The zero-order valence-electron chi connectivity index (χ0n) is 13.5. The van der Waals surface area contributed by atoms with Crippen LogP contribution in [0.2, 0.25) is 0 Å². The van der Waals surface area contributed by atoms with Gasteiger partial charge in [-0.25, -0.2) is 0 Å². The fourth-order valence-electron chi connectivity index (χ4n) is 2.57. The molecule has 0 aliphatic carbocycles. The van der Waals surface area contributed by atoms with E-state index in [1.807, 2.05) is 6.92 Å². The summed E-state index contributed by atoms with van der Waals surface area (Å²) in [5, 5.41) is 0. The second-order valence-corrected chi connectivity index (χ2v) is 5.70. The van der Waals surface area contributed by atoms with Gasteiger partial charge in [-0.1, -0.05) is 6.42 Å². The normalized spacial score (nSPS) is 16.1. The highest BCUT2D eigenvalue weighted by Gasteiger charge is 2.08. The van der Waals surface area contributed by atoms with Crippen molar-refractivity contribution in [2.75, 3.05) is 53.0 Å². The zero-order valence-corrected chi connectivity index (χ0v) is 13.5. The standard InChI is InChI=1S/C17H32N2O/c1-3-4-5-7-11-18(2)15-17-20-16-10-14-19-12-8-6-9-13-19/h5-17H2,1-2H3. The summed E-state index contributed by atoms with van der Waals surface area (Å²) in [5.74, 6) is 6.04. The number of hydrogen-bond acceptors (Lipinski definition) is 3. The minimum atomic E-state index is 0.857. The Morgan fingerprint density at radius 2 is 1.85 bits per heavy atom. The Morgan fingerprint density at radius 3 is 2.60 bits per heavy atom. The second-order valence-electron chi connectivity index (χ2n) is 5.70. The fourth-order valence-corrected chi connectivity index (χ4v) is 2.57. The first kappa shape index (κ1) is 17.5. The van der Waals surface area contributed by atoms with E-state index in [0.717, 1.165) is 39.1 Å². The molecule has 1 aliphatic rings. The van der Waals surface area contributed by atoms with E-state index in [4.69, 9.17) is 4.74 Å². The largest absolute Gasteiger partial charge is 0.380 e. The molecule has 1 heterocycles. The smallest absolute Gasteiger partial charge is 0.0593 e. The molecule has 116 valence electrons. The number of hydrogen-bond donors (Lipinski definition) is 0. The molecule has 1 aliphatic heterocycles. The predicted molar refractivity (Wildman–Crippen MR) is 85.9 cm³/mol. The maximum absolute atomic E-state index is 5.73. The van der Waals surface area contributed by atoms with Crippen LogP contribution in [-0.2, 0) is 4.74 Å². The first-order valence-electron chi connectivity index (χ1n) is 8.21. The highest BCUT2D eigenvalue weighted by Crippen LogP contribution is 2.08. The zero-order chi connectivity index (χ0) is 14.5. The van der Waals surface area contributed by atoms with Crippen LogP contribution in [-0.4, -0.2) is 62.8 Å². The van der Waals surface area contributed by atoms with Gasteiger partial charge in [0, 0.05) is 26.1 Å². The summed E-state index contributed by atoms with van der Waals surface area (Å²) in [7, 11) is 2.16. The van der Waals surface area contributed by atoms with Crippen LogP contribution in [0.15, 0.2) is 0 Å². The molecule has 0 aromatic heterocycles. The summed E-state index contributed by atoms with van der Waals surface area (Å²) in [4.78, 5) is 4.91. The molecule has 3 nitrogen and oxygen atoms in total. The van der Waals surface area contributed by atoms with Crippen LogP contribution in [0.3, 0.4) is 0 Å². The monoisotopic (exact) mass is 280 g/mol. The molecule has 0 N–H and O–H groups in total. The molecule has 1 saturated heterocycles. The second kappa shape index (κ2) is 12.2. The Labute approximate surface area is 125 Å². The van der Waals surface area contributed by atoms with Gasteiger partial charge in [-0.05, 0) is 59.3 Å². The Bertz CT molecular complexity index is 276. The van der Waals surface area contributed by atoms with Gasteiger partial charge in [0.15, 0.2) is 0 Å². The molecule has 20 heavy (non-hydrogen) atoms. The van der Waals surface area contributed by atoms with Crippen LogP contribution in [0.1, 0.15) is 45.4 Å². The van der Waals surface area contributed by atoms with E-state index >= 15 is 0 Å². The molecule has 0 spiro atoms. The van der Waals surface area contributed by atoms with Crippen molar-refractivity contribution in [1.29, 1.82) is 0 Å². The Kier molecular flexibility index (Phi) is 10.7. The van der Waals surface area contributed by atoms with E-state index < -0.39 is 0 Å². The van der Waals surface area contributed by atoms with Crippen LogP contribution >= 0.6 is 0 Å². The lowest BCUT2D eigenvalue weighted by Crippen LogP contribution is -2.31. The molecule has 3 heteroatoms. The van der Waals surface area contributed by atoms with Crippen molar-refractivity contribution < 1.29 is 4.74 Å². The van der Waals surface area contributed by atoms with Crippen molar-refractivity contribution in [3.63, 3.8) is 0 Å². The van der Waals surface area contributed by atoms with Crippen LogP contribution in [0.4, 0.5) is 0 Å². The van der Waals surface area contributed by atoms with E-state index in [1.54, 1.807) is 0 Å². The summed E-state index contributed by atoms with van der Waals surface area (Å²) in [5.41, 5.74) is 0. The Hall–Kier alpha value is -0.560. The molecular formula is C17H32N2O. The Morgan fingerprint density at radius 1 is 1.05 bits per heavy atom. The van der Waals surface area contributed by atoms with Crippen molar-refractivity contribution in [2.45, 2.75) is 45.4 Å². The van der Waals surface area contributed by atoms with Crippen molar-refractivity contribution in [1.82, 2.24) is 9.80 Å². The summed E-state index contributed by atoms with van der Waals surface area (Å²) in [6, 6.07) is 0. The van der Waals surface area contributed by atoms with Crippen LogP contribution in [0.5, 0.6) is 0 Å². The molecule has 0 amide bonds. The van der Waals surface area contributed by atoms with E-state index in [2.05, 4.69) is 28.7 Å². The van der Waals surface area contributed by atoms with Crippen LogP contribution in [0, 0.1) is 11.8 Å². The first-order valence-corrected chi connectivity index (χ1v) is 8.21. The lowest BCUT2D eigenvalue weighted by atomic mass is 10.1.